The van der Waals surface area contributed by atoms with Gasteiger partial charge in [0, 0.05) is 36.8 Å². The van der Waals surface area contributed by atoms with Gasteiger partial charge in [-0.3, -0.25) is 10.3 Å². The molecule has 0 unspecified atom stereocenters. The van der Waals surface area contributed by atoms with E-state index >= 15 is 0 Å². The Labute approximate surface area is 202 Å². The molecule has 1 aromatic carbocycles. The molecule has 0 bridgehead atoms. The molecule has 190 valence electrons. The Morgan fingerprint density at radius 2 is 2.11 bits per heavy atom. The molecule has 4 rings (SSSR count). The van der Waals surface area contributed by atoms with Crippen LogP contribution in [0.5, 0.6) is 5.75 Å². The van der Waals surface area contributed by atoms with Crippen molar-refractivity contribution < 1.29 is 32.2 Å². The minimum Gasteiger partial charge on any atom is -0.494 e. The molecular formula is C23H22F4N6O3. The molecule has 2 aromatic heterocycles. The molecule has 1 saturated heterocycles. The van der Waals surface area contributed by atoms with Gasteiger partial charge in [0.05, 0.1) is 19.0 Å². The second kappa shape index (κ2) is 10.3. The molecule has 1 aliphatic heterocycles. The molecule has 2 atom stereocenters. The number of pyridine rings is 2. The van der Waals surface area contributed by atoms with Gasteiger partial charge in [-0.25, -0.2) is 19.2 Å². The molecular weight excluding hydrogens is 484 g/mol. The highest BCUT2D eigenvalue weighted by molar-refractivity contribution is 5.89. The van der Waals surface area contributed by atoms with E-state index in [-0.39, 0.29) is 36.6 Å². The molecule has 1 aliphatic rings. The van der Waals surface area contributed by atoms with Crippen molar-refractivity contribution in [2.24, 2.45) is 5.10 Å². The van der Waals surface area contributed by atoms with E-state index < -0.39 is 30.2 Å². The second-order valence-corrected chi connectivity index (χ2v) is 8.14. The van der Waals surface area contributed by atoms with Gasteiger partial charge in [0.1, 0.15) is 28.9 Å². The number of amides is 1. The summed E-state index contributed by atoms with van der Waals surface area (Å²) in [5, 5.41) is 15.6. The van der Waals surface area contributed by atoms with Gasteiger partial charge >= 0.3 is 12.3 Å². The largest absolute Gasteiger partial charge is 0.494 e. The fraction of sp³-hybridized carbons (Fsp3) is 0.304. The highest BCUT2D eigenvalue weighted by Gasteiger charge is 2.47. The number of nitrogens with one attached hydrogen (secondary N) is 2. The summed E-state index contributed by atoms with van der Waals surface area (Å²) in [6.45, 7) is 0.0343. The van der Waals surface area contributed by atoms with Gasteiger partial charge < -0.3 is 15.2 Å². The van der Waals surface area contributed by atoms with Gasteiger partial charge in [-0.1, -0.05) is 12.1 Å². The minimum absolute atomic E-state index is 0.0586. The Kier molecular flexibility index (Phi) is 7.20. The number of halogens is 4. The number of carbonyl (C=O) groups is 1. The summed E-state index contributed by atoms with van der Waals surface area (Å²) in [6, 6.07) is 6.02. The summed E-state index contributed by atoms with van der Waals surface area (Å²) in [5.41, 5.74) is 3.46. The number of hydrazone groups is 1. The average Bonchev–Trinajstić information content (AvgIpc) is 3.25. The standard InChI is InChI=1S/C23H22F4N6O3/c1-36-18-9-15(24)8-13-2-4-16(30-20(13)18)11-29-32-19-5-3-14(10-28-19)21(23(25,26)27)33-7-6-17(12-33)31-22(34)35/h2-5,8-11,17,21,31H,6-7,12H2,1H3,(H,28,32)(H,34,35)/t17-,21+/m0/s1. The fourth-order valence-corrected chi connectivity index (χ4v) is 4.13. The zero-order valence-corrected chi connectivity index (χ0v) is 19.0. The van der Waals surface area contributed by atoms with Crippen LogP contribution in [-0.2, 0) is 0 Å². The Morgan fingerprint density at radius 3 is 2.78 bits per heavy atom. The molecule has 3 N–H and O–H groups in total. The van der Waals surface area contributed by atoms with Gasteiger partial charge in [-0.05, 0) is 30.2 Å². The zero-order valence-electron chi connectivity index (χ0n) is 19.0. The first kappa shape index (κ1) is 25.1. The third kappa shape index (κ3) is 5.79. The van der Waals surface area contributed by atoms with Crippen molar-refractivity contribution in [2.45, 2.75) is 24.7 Å². The Bertz CT molecular complexity index is 1270. The molecule has 36 heavy (non-hydrogen) atoms. The smallest absolute Gasteiger partial charge is 0.408 e. The van der Waals surface area contributed by atoms with Crippen LogP contribution in [0, 0.1) is 5.82 Å². The van der Waals surface area contributed by atoms with E-state index in [9.17, 15) is 22.4 Å². The lowest BCUT2D eigenvalue weighted by atomic mass is 10.1. The number of aromatic nitrogens is 2. The second-order valence-electron chi connectivity index (χ2n) is 8.14. The summed E-state index contributed by atoms with van der Waals surface area (Å²) >= 11 is 0. The average molecular weight is 506 g/mol. The van der Waals surface area contributed by atoms with Crippen molar-refractivity contribution in [1.82, 2.24) is 20.2 Å². The molecule has 3 heterocycles. The maximum Gasteiger partial charge on any atom is 0.408 e. The first-order valence-electron chi connectivity index (χ1n) is 10.8. The quantitative estimate of drug-likeness (QED) is 0.251. The van der Waals surface area contributed by atoms with Gasteiger partial charge in [0.15, 0.2) is 0 Å². The summed E-state index contributed by atoms with van der Waals surface area (Å²) < 4.78 is 60.3. The highest BCUT2D eigenvalue weighted by Crippen LogP contribution is 2.39. The van der Waals surface area contributed by atoms with Crippen molar-refractivity contribution in [3.8, 4) is 5.75 Å². The van der Waals surface area contributed by atoms with Crippen LogP contribution in [0.2, 0.25) is 0 Å². The van der Waals surface area contributed by atoms with Gasteiger partial charge in [-0.2, -0.15) is 18.3 Å². The maximum absolute atomic E-state index is 13.8. The SMILES string of the molecule is COc1cc(F)cc2ccc(C=NNc3ccc([C@@H](N4CC[C@H](NC(=O)O)C4)C(F)(F)F)cn3)nc12. The van der Waals surface area contributed by atoms with Crippen LogP contribution in [0.25, 0.3) is 10.9 Å². The predicted molar refractivity (Wildman–Crippen MR) is 124 cm³/mol. The lowest BCUT2D eigenvalue weighted by molar-refractivity contribution is -0.183. The number of alkyl halides is 3. The number of carboxylic acid groups (broad SMARTS) is 1. The Hall–Kier alpha value is -4.00. The van der Waals surface area contributed by atoms with Crippen molar-refractivity contribution in [1.29, 1.82) is 0 Å². The fourth-order valence-electron chi connectivity index (χ4n) is 4.13. The number of fused-ring (bicyclic) bond motifs is 1. The van der Waals surface area contributed by atoms with Crippen LogP contribution >= 0.6 is 0 Å². The summed E-state index contributed by atoms with van der Waals surface area (Å²) in [6.07, 6.45) is -3.06. The summed E-state index contributed by atoms with van der Waals surface area (Å²) in [5.74, 6) is 0.0314. The number of rotatable bonds is 7. The first-order chi connectivity index (χ1) is 17.1. The molecule has 0 radical (unpaired) electrons. The van der Waals surface area contributed by atoms with E-state index in [0.717, 1.165) is 6.20 Å². The number of ether oxygens (including phenoxy) is 1. The number of hydrogen-bond acceptors (Lipinski definition) is 7. The number of hydrogen-bond donors (Lipinski definition) is 3. The third-order valence-corrected chi connectivity index (χ3v) is 5.66. The van der Waals surface area contributed by atoms with E-state index in [1.807, 2.05) is 0 Å². The Morgan fingerprint density at radius 1 is 1.31 bits per heavy atom. The van der Waals surface area contributed by atoms with Gasteiger partial charge in [-0.15, -0.1) is 0 Å². The molecule has 0 spiro atoms. The van der Waals surface area contributed by atoms with E-state index in [2.05, 4.69) is 25.8 Å². The van der Waals surface area contributed by atoms with E-state index in [0.29, 0.717) is 16.6 Å². The van der Waals surface area contributed by atoms with E-state index in [1.54, 1.807) is 12.1 Å². The highest BCUT2D eigenvalue weighted by atomic mass is 19.4. The van der Waals surface area contributed by atoms with Crippen LogP contribution < -0.4 is 15.5 Å². The molecule has 1 fully saturated rings. The number of likely N-dealkylation sites (tertiary alicyclic amines) is 1. The summed E-state index contributed by atoms with van der Waals surface area (Å²) in [4.78, 5) is 20.4. The van der Waals surface area contributed by atoms with Crippen LogP contribution in [0.1, 0.15) is 23.7 Å². The minimum atomic E-state index is -4.57. The van der Waals surface area contributed by atoms with Crippen molar-refractivity contribution in [3.05, 3.63) is 59.7 Å². The van der Waals surface area contributed by atoms with Crippen LogP contribution in [0.4, 0.5) is 28.2 Å². The predicted octanol–water partition coefficient (Wildman–Crippen LogP) is 4.17. The molecule has 0 saturated carbocycles. The normalized spacial score (nSPS) is 17.4. The number of nitrogens with zero attached hydrogens (tertiary/aromatic N) is 4. The lowest BCUT2D eigenvalue weighted by Crippen LogP contribution is -2.40. The van der Waals surface area contributed by atoms with Crippen LogP contribution in [0.15, 0.2) is 47.7 Å². The van der Waals surface area contributed by atoms with Crippen LogP contribution in [-0.4, -0.2) is 64.7 Å². The van der Waals surface area contributed by atoms with Crippen LogP contribution in [0.3, 0.4) is 0 Å². The van der Waals surface area contributed by atoms with E-state index in [1.165, 1.54) is 42.5 Å². The van der Waals surface area contributed by atoms with Gasteiger partial charge in [0.25, 0.3) is 0 Å². The first-order valence-corrected chi connectivity index (χ1v) is 10.8. The van der Waals surface area contributed by atoms with Crippen molar-refractivity contribution in [2.75, 3.05) is 25.6 Å². The summed E-state index contributed by atoms with van der Waals surface area (Å²) in [7, 11) is 1.41. The molecule has 3 aromatic rings. The molecule has 0 aliphatic carbocycles. The zero-order chi connectivity index (χ0) is 25.9. The Balaban J connectivity index is 1.45. The van der Waals surface area contributed by atoms with E-state index in [4.69, 9.17) is 9.84 Å². The number of methoxy groups -OCH3 is 1. The van der Waals surface area contributed by atoms with Gasteiger partial charge in [0.2, 0.25) is 0 Å². The lowest BCUT2D eigenvalue weighted by Gasteiger charge is -2.30. The molecule has 1 amide bonds. The monoisotopic (exact) mass is 506 g/mol. The van der Waals surface area contributed by atoms with Crippen molar-refractivity contribution in [3.63, 3.8) is 0 Å². The molecule has 9 nitrogen and oxygen atoms in total. The topological polar surface area (TPSA) is 112 Å². The number of benzene rings is 1. The number of anilines is 1. The van der Waals surface area contributed by atoms with Crippen molar-refractivity contribution >= 4 is 29.0 Å². The third-order valence-electron chi connectivity index (χ3n) is 5.66. The molecule has 13 heteroatoms. The maximum atomic E-state index is 13.8.